The van der Waals surface area contributed by atoms with Crippen molar-refractivity contribution in [3.05, 3.63) is 57.3 Å². The number of anilines is 1. The molecular weight excluding hydrogens is 698 g/mol. The summed E-state index contributed by atoms with van der Waals surface area (Å²) in [7, 11) is 0. The lowest BCUT2D eigenvalue weighted by molar-refractivity contribution is -0.165. The van der Waals surface area contributed by atoms with Crippen molar-refractivity contribution in [2.45, 2.75) is 58.7 Å². The van der Waals surface area contributed by atoms with Crippen LogP contribution in [0.1, 0.15) is 43.0 Å². The first-order valence-electron chi connectivity index (χ1n) is 14.5. The van der Waals surface area contributed by atoms with Gasteiger partial charge >= 0.3 is 11.9 Å². The molecule has 3 aromatic rings. The van der Waals surface area contributed by atoms with Gasteiger partial charge in [-0.25, -0.2) is 9.59 Å². The average Bonchev–Trinajstić information content (AvgIpc) is 3.73. The van der Waals surface area contributed by atoms with Gasteiger partial charge in [0.25, 0.3) is 0 Å². The highest BCUT2D eigenvalue weighted by molar-refractivity contribution is 9.10. The predicted octanol–water partition coefficient (Wildman–Crippen LogP) is 2.91. The average molecular weight is 739 g/mol. The first-order valence-corrected chi connectivity index (χ1v) is 15.3. The summed E-state index contributed by atoms with van der Waals surface area (Å²) in [5.74, 6) is -1.26. The number of aromatic nitrogens is 2. The molecule has 5 rings (SSSR count). The van der Waals surface area contributed by atoms with E-state index in [4.69, 9.17) is 20.4 Å². The second-order valence-corrected chi connectivity index (χ2v) is 12.4. The molecule has 256 valence electrons. The Balaban J connectivity index is 0.000000255. The zero-order valence-electron chi connectivity index (χ0n) is 26.7. The standard InChI is InChI=1S/C16H24N2O.C11H10BrN5.C4H6O6.ClH/c1-10-8-13(16(3,4)5)15(19)11(2)12(10)9-14-17-6-7-18-14;12-9-7(17-11-15-5-6-16-11)1-2-8-10(9)14-4-3-13-8;5-1(3(7)8)2(6)4(9)10;/h8,19H,6-7,9H2,1-5H3,(H,17,18);1-4H,5-6H2,(H2,15,16,17);1-2,5-6H,(H,7,8)(H,9,10);1H/t;;1-,2-;/m..1./s1. The zero-order valence-corrected chi connectivity index (χ0v) is 29.1. The number of carboxylic acid groups (broad SMARTS) is 2. The van der Waals surface area contributed by atoms with Crippen LogP contribution >= 0.6 is 28.3 Å². The van der Waals surface area contributed by atoms with E-state index in [9.17, 15) is 14.7 Å². The fraction of sp³-hybridized carbons (Fsp3) is 0.419. The van der Waals surface area contributed by atoms with Crippen LogP contribution in [0.2, 0.25) is 0 Å². The zero-order chi connectivity index (χ0) is 34.2. The molecule has 0 spiro atoms. The number of fused-ring (bicyclic) bond motifs is 1. The second kappa shape index (κ2) is 17.2. The van der Waals surface area contributed by atoms with E-state index in [1.165, 1.54) is 11.1 Å². The number of carboxylic acids is 2. The molecule has 0 unspecified atom stereocenters. The number of rotatable bonds is 6. The Morgan fingerprint density at radius 2 is 1.57 bits per heavy atom. The summed E-state index contributed by atoms with van der Waals surface area (Å²) in [4.78, 5) is 36.8. The van der Waals surface area contributed by atoms with Crippen LogP contribution in [0.5, 0.6) is 5.75 Å². The van der Waals surface area contributed by atoms with Crippen LogP contribution in [0.25, 0.3) is 11.0 Å². The van der Waals surface area contributed by atoms with Gasteiger partial charge < -0.3 is 41.5 Å². The Morgan fingerprint density at radius 3 is 2.11 bits per heavy atom. The van der Waals surface area contributed by atoms with Crippen molar-refractivity contribution in [1.29, 1.82) is 0 Å². The predicted molar refractivity (Wildman–Crippen MR) is 186 cm³/mol. The maximum atomic E-state index is 10.5. The normalized spacial score (nSPS) is 14.8. The molecule has 14 nitrogen and oxygen atoms in total. The summed E-state index contributed by atoms with van der Waals surface area (Å²) in [6.07, 6.45) is -0.377. The molecule has 0 radical (unpaired) electrons. The maximum absolute atomic E-state index is 10.5. The lowest BCUT2D eigenvalue weighted by Crippen LogP contribution is -2.39. The third-order valence-corrected chi connectivity index (χ3v) is 7.91. The Hall–Kier alpha value is -4.05. The summed E-state index contributed by atoms with van der Waals surface area (Å²) in [6.45, 7) is 14.0. The van der Waals surface area contributed by atoms with Crippen molar-refractivity contribution in [3.8, 4) is 5.75 Å². The fourth-order valence-electron chi connectivity index (χ4n) is 4.57. The van der Waals surface area contributed by atoms with E-state index in [0.717, 1.165) is 76.7 Å². The third-order valence-electron chi connectivity index (χ3n) is 7.11. The minimum Gasteiger partial charge on any atom is -0.507 e. The van der Waals surface area contributed by atoms with Crippen molar-refractivity contribution >= 4 is 68.8 Å². The van der Waals surface area contributed by atoms with Gasteiger partial charge in [0.15, 0.2) is 18.2 Å². The highest BCUT2D eigenvalue weighted by atomic mass is 79.9. The van der Waals surface area contributed by atoms with E-state index in [-0.39, 0.29) is 17.8 Å². The van der Waals surface area contributed by atoms with E-state index in [1.54, 1.807) is 12.4 Å². The number of amidine groups is 1. The number of aromatic hydroxyl groups is 1. The summed E-state index contributed by atoms with van der Waals surface area (Å²) < 4.78 is 0.902. The largest absolute Gasteiger partial charge is 0.507 e. The first kappa shape index (κ1) is 39.1. The number of phenolic OH excluding ortho intramolecular Hbond substituents is 1. The number of nitrogens with one attached hydrogen (secondary N) is 3. The maximum Gasteiger partial charge on any atom is 0.335 e. The Labute approximate surface area is 287 Å². The molecule has 2 aliphatic heterocycles. The molecule has 47 heavy (non-hydrogen) atoms. The minimum absolute atomic E-state index is 0. The van der Waals surface area contributed by atoms with Gasteiger partial charge in [0.05, 0.1) is 28.8 Å². The molecule has 0 saturated heterocycles. The van der Waals surface area contributed by atoms with Gasteiger partial charge in [-0.05, 0) is 69.6 Å². The summed E-state index contributed by atoms with van der Waals surface area (Å²) in [5.41, 5.74) is 7.04. The first-order chi connectivity index (χ1) is 21.6. The minimum atomic E-state index is -2.27. The van der Waals surface area contributed by atoms with E-state index < -0.39 is 24.1 Å². The number of halogens is 2. The number of benzene rings is 2. The van der Waals surface area contributed by atoms with Crippen LogP contribution in [0.4, 0.5) is 5.69 Å². The van der Waals surface area contributed by atoms with E-state index in [2.05, 4.69) is 85.6 Å². The molecule has 2 aliphatic rings. The fourth-order valence-corrected chi connectivity index (χ4v) is 5.10. The monoisotopic (exact) mass is 737 g/mol. The molecule has 2 aromatic carbocycles. The quantitative estimate of drug-likeness (QED) is 0.183. The number of aryl methyl sites for hydroxylation is 1. The lowest BCUT2D eigenvalue weighted by Gasteiger charge is -2.24. The molecule has 0 amide bonds. The number of aliphatic carboxylic acids is 2. The highest BCUT2D eigenvalue weighted by Gasteiger charge is 2.29. The number of aliphatic hydroxyl groups excluding tert-OH is 2. The van der Waals surface area contributed by atoms with Gasteiger partial charge in [-0.1, -0.05) is 26.8 Å². The molecule has 2 atom stereocenters. The Kier molecular flexibility index (Phi) is 14.3. The van der Waals surface area contributed by atoms with Crippen LogP contribution in [-0.2, 0) is 21.4 Å². The van der Waals surface area contributed by atoms with Crippen molar-refractivity contribution < 1.29 is 35.1 Å². The Morgan fingerprint density at radius 1 is 0.979 bits per heavy atom. The molecule has 1 aromatic heterocycles. The Bertz CT molecular complexity index is 1630. The van der Waals surface area contributed by atoms with Gasteiger partial charge in [-0.2, -0.15) is 0 Å². The van der Waals surface area contributed by atoms with Gasteiger partial charge in [0, 0.05) is 31.9 Å². The number of aliphatic hydroxyl groups is 2. The second-order valence-electron chi connectivity index (χ2n) is 11.6. The van der Waals surface area contributed by atoms with Crippen molar-refractivity contribution in [3.63, 3.8) is 0 Å². The van der Waals surface area contributed by atoms with Crippen molar-refractivity contribution in [2.24, 2.45) is 9.98 Å². The number of carbonyl (C=O) groups is 2. The van der Waals surface area contributed by atoms with E-state index in [0.29, 0.717) is 5.75 Å². The molecule has 16 heteroatoms. The highest BCUT2D eigenvalue weighted by Crippen LogP contribution is 2.36. The smallest absolute Gasteiger partial charge is 0.335 e. The number of hydrogen-bond acceptors (Lipinski definition) is 12. The molecule has 0 aliphatic carbocycles. The molecule has 8 N–H and O–H groups in total. The van der Waals surface area contributed by atoms with E-state index in [1.807, 2.05) is 19.1 Å². The van der Waals surface area contributed by atoms with Crippen molar-refractivity contribution in [2.75, 3.05) is 31.5 Å². The lowest BCUT2D eigenvalue weighted by atomic mass is 9.82. The SMILES string of the molecule is Brc1c(NC2=NCCN2)ccc2nccnc12.Cc1cc(C(C)(C)C)c(O)c(C)c1CC1=NCCN1.Cl.O=C(O)[C@H](O)[C@@H](O)C(=O)O. The van der Waals surface area contributed by atoms with Gasteiger partial charge in [-0.15, -0.1) is 12.4 Å². The van der Waals surface area contributed by atoms with Gasteiger partial charge in [-0.3, -0.25) is 20.0 Å². The number of nitrogens with zero attached hydrogens (tertiary/aromatic N) is 4. The van der Waals surface area contributed by atoms with Gasteiger partial charge in [0.1, 0.15) is 17.1 Å². The van der Waals surface area contributed by atoms with Crippen LogP contribution in [0.15, 0.2) is 45.1 Å². The number of phenols is 1. The number of guanidine groups is 1. The molecule has 3 heterocycles. The van der Waals surface area contributed by atoms with Crippen LogP contribution in [-0.4, -0.2) is 97.6 Å². The van der Waals surface area contributed by atoms with Gasteiger partial charge in [0.2, 0.25) is 0 Å². The van der Waals surface area contributed by atoms with Crippen LogP contribution < -0.4 is 16.0 Å². The summed E-state index contributed by atoms with van der Waals surface area (Å²) >= 11 is 3.54. The summed E-state index contributed by atoms with van der Waals surface area (Å²) in [5, 5.41) is 52.7. The van der Waals surface area contributed by atoms with Crippen molar-refractivity contribution in [1.82, 2.24) is 20.6 Å². The number of aliphatic imine (C=N–C) groups is 2. The van der Waals surface area contributed by atoms with Crippen LogP contribution in [0.3, 0.4) is 0 Å². The molecule has 0 bridgehead atoms. The molecule has 0 saturated carbocycles. The molecular formula is C31H41BrClN7O7. The topological polar surface area (TPSA) is 222 Å². The third kappa shape index (κ3) is 10.5. The van der Waals surface area contributed by atoms with E-state index >= 15 is 0 Å². The van der Waals surface area contributed by atoms with Crippen LogP contribution in [0, 0.1) is 13.8 Å². The molecule has 0 fully saturated rings. The summed E-state index contributed by atoms with van der Waals surface area (Å²) in [6, 6.07) is 6.02. The number of hydrogen-bond donors (Lipinski definition) is 8.